The molecule has 0 radical (unpaired) electrons. The third-order valence-electron chi connectivity index (χ3n) is 4.13. The fourth-order valence-corrected chi connectivity index (χ4v) is 2.88. The Morgan fingerprint density at radius 3 is 2.91 bits per heavy atom. The molecular formula is C17H20ClN3O2. The van der Waals surface area contributed by atoms with E-state index in [0.29, 0.717) is 29.5 Å². The predicted octanol–water partition coefficient (Wildman–Crippen LogP) is 2.48. The fourth-order valence-electron chi connectivity index (χ4n) is 2.68. The summed E-state index contributed by atoms with van der Waals surface area (Å²) in [6.07, 6.45) is 6.13. The number of amides is 1. The van der Waals surface area contributed by atoms with Crippen molar-refractivity contribution in [3.05, 3.63) is 52.8 Å². The summed E-state index contributed by atoms with van der Waals surface area (Å²) in [6, 6.07) is 7.64. The number of aliphatic hydroxyl groups is 1. The number of hydrogen-bond acceptors (Lipinski definition) is 3. The molecule has 1 atom stereocenters. The van der Waals surface area contributed by atoms with Crippen molar-refractivity contribution >= 4 is 17.5 Å². The van der Waals surface area contributed by atoms with E-state index in [-0.39, 0.29) is 18.6 Å². The van der Waals surface area contributed by atoms with Crippen LogP contribution >= 0.6 is 11.6 Å². The molecule has 1 unspecified atom stereocenters. The maximum atomic E-state index is 12.3. The number of nitrogens with one attached hydrogen (secondary N) is 1. The first-order valence-corrected chi connectivity index (χ1v) is 8.22. The van der Waals surface area contributed by atoms with Gasteiger partial charge in [-0.15, -0.1) is 0 Å². The summed E-state index contributed by atoms with van der Waals surface area (Å²) in [5, 5.41) is 17.0. The van der Waals surface area contributed by atoms with E-state index in [0.717, 1.165) is 18.4 Å². The van der Waals surface area contributed by atoms with E-state index < -0.39 is 0 Å². The van der Waals surface area contributed by atoms with Gasteiger partial charge in [-0.3, -0.25) is 9.48 Å². The van der Waals surface area contributed by atoms with Crippen molar-refractivity contribution in [3.63, 3.8) is 0 Å². The van der Waals surface area contributed by atoms with E-state index in [9.17, 15) is 4.79 Å². The molecular weight excluding hydrogens is 314 g/mol. The van der Waals surface area contributed by atoms with Crippen LogP contribution in [0, 0.1) is 5.92 Å². The Hall–Kier alpha value is -1.85. The van der Waals surface area contributed by atoms with Gasteiger partial charge in [-0.25, -0.2) is 0 Å². The molecule has 1 aliphatic rings. The summed E-state index contributed by atoms with van der Waals surface area (Å²) in [4.78, 5) is 12.3. The molecule has 1 amide bonds. The Morgan fingerprint density at radius 2 is 2.22 bits per heavy atom. The standard InChI is InChI=1S/C17H20ClN3O2/c18-15-4-2-1-3-13(15)10-21-11-14(9-19-21)17(23)20-16(7-8-22)12-5-6-12/h1-4,9,11-12,16,22H,5-8,10H2,(H,20,23). The molecule has 2 aromatic rings. The zero-order valence-corrected chi connectivity index (χ0v) is 13.5. The maximum Gasteiger partial charge on any atom is 0.254 e. The maximum absolute atomic E-state index is 12.3. The lowest BCUT2D eigenvalue weighted by Gasteiger charge is -2.16. The summed E-state index contributed by atoms with van der Waals surface area (Å²) in [5.41, 5.74) is 1.49. The van der Waals surface area contributed by atoms with E-state index >= 15 is 0 Å². The van der Waals surface area contributed by atoms with Crippen LogP contribution in [0.3, 0.4) is 0 Å². The van der Waals surface area contributed by atoms with Crippen molar-refractivity contribution in [1.82, 2.24) is 15.1 Å². The molecule has 1 aromatic heterocycles. The van der Waals surface area contributed by atoms with Gasteiger partial charge in [0.05, 0.1) is 18.3 Å². The first-order chi connectivity index (χ1) is 11.2. The third-order valence-corrected chi connectivity index (χ3v) is 4.50. The number of halogens is 1. The Kier molecular flexibility index (Phi) is 4.98. The molecule has 1 fully saturated rings. The molecule has 2 N–H and O–H groups in total. The van der Waals surface area contributed by atoms with Crippen molar-refractivity contribution in [2.24, 2.45) is 5.92 Å². The number of carbonyl (C=O) groups is 1. The Bertz CT molecular complexity index is 682. The van der Waals surface area contributed by atoms with E-state index in [4.69, 9.17) is 16.7 Å². The lowest BCUT2D eigenvalue weighted by molar-refractivity contribution is 0.0924. The normalized spacial score (nSPS) is 15.4. The van der Waals surface area contributed by atoms with Crippen molar-refractivity contribution in [3.8, 4) is 0 Å². The predicted molar refractivity (Wildman–Crippen MR) is 88.5 cm³/mol. The summed E-state index contributed by atoms with van der Waals surface area (Å²) in [7, 11) is 0. The van der Waals surface area contributed by atoms with E-state index in [1.165, 1.54) is 0 Å². The van der Waals surface area contributed by atoms with Gasteiger partial charge in [-0.05, 0) is 36.8 Å². The molecule has 0 spiro atoms. The van der Waals surface area contributed by atoms with Gasteiger partial charge in [0, 0.05) is 23.9 Å². The van der Waals surface area contributed by atoms with Gasteiger partial charge >= 0.3 is 0 Å². The number of benzene rings is 1. The van der Waals surface area contributed by atoms with Crippen LogP contribution in [0.4, 0.5) is 0 Å². The van der Waals surface area contributed by atoms with Crippen molar-refractivity contribution in [2.75, 3.05) is 6.61 Å². The second-order valence-electron chi connectivity index (χ2n) is 5.95. The fraction of sp³-hybridized carbons (Fsp3) is 0.412. The number of hydrogen-bond donors (Lipinski definition) is 2. The molecule has 3 rings (SSSR count). The van der Waals surface area contributed by atoms with Gasteiger partial charge in [0.25, 0.3) is 5.91 Å². The highest BCUT2D eigenvalue weighted by atomic mass is 35.5. The van der Waals surface area contributed by atoms with E-state index in [1.54, 1.807) is 17.1 Å². The Balaban J connectivity index is 1.64. The number of aromatic nitrogens is 2. The molecule has 1 heterocycles. The van der Waals surface area contributed by atoms with Crippen LogP contribution in [-0.4, -0.2) is 33.4 Å². The number of rotatable bonds is 7. The van der Waals surface area contributed by atoms with Gasteiger partial charge in [-0.1, -0.05) is 29.8 Å². The molecule has 1 saturated carbocycles. The molecule has 23 heavy (non-hydrogen) atoms. The van der Waals surface area contributed by atoms with Gasteiger partial charge in [-0.2, -0.15) is 5.10 Å². The smallest absolute Gasteiger partial charge is 0.254 e. The zero-order chi connectivity index (χ0) is 16.2. The number of aliphatic hydroxyl groups excluding tert-OH is 1. The summed E-state index contributed by atoms with van der Waals surface area (Å²) >= 11 is 6.14. The summed E-state index contributed by atoms with van der Waals surface area (Å²) < 4.78 is 1.70. The quantitative estimate of drug-likeness (QED) is 0.818. The minimum Gasteiger partial charge on any atom is -0.396 e. The van der Waals surface area contributed by atoms with E-state index in [1.807, 2.05) is 24.3 Å². The summed E-state index contributed by atoms with van der Waals surface area (Å²) in [6.45, 7) is 0.614. The van der Waals surface area contributed by atoms with Gasteiger partial charge in [0.15, 0.2) is 0 Å². The lowest BCUT2D eigenvalue weighted by Crippen LogP contribution is -2.37. The van der Waals surface area contributed by atoms with Crippen LogP contribution < -0.4 is 5.32 Å². The van der Waals surface area contributed by atoms with Crippen LogP contribution in [0.1, 0.15) is 35.2 Å². The van der Waals surface area contributed by atoms with Crippen LogP contribution in [-0.2, 0) is 6.54 Å². The highest BCUT2D eigenvalue weighted by Gasteiger charge is 2.32. The molecule has 1 aromatic carbocycles. The largest absolute Gasteiger partial charge is 0.396 e. The van der Waals surface area contributed by atoms with Gasteiger partial charge in [0.2, 0.25) is 0 Å². The Morgan fingerprint density at radius 1 is 1.43 bits per heavy atom. The average Bonchev–Trinajstić information content (AvgIpc) is 3.28. The van der Waals surface area contributed by atoms with Crippen molar-refractivity contribution < 1.29 is 9.90 Å². The minimum atomic E-state index is -0.138. The molecule has 0 saturated heterocycles. The topological polar surface area (TPSA) is 67.2 Å². The zero-order valence-electron chi connectivity index (χ0n) is 12.8. The van der Waals surface area contributed by atoms with Crippen LogP contribution in [0.5, 0.6) is 0 Å². The lowest BCUT2D eigenvalue weighted by atomic mass is 10.1. The SMILES string of the molecule is O=C(NC(CCO)C1CC1)c1cnn(Cc2ccccc2Cl)c1. The van der Waals surface area contributed by atoms with Crippen molar-refractivity contribution in [2.45, 2.75) is 31.8 Å². The van der Waals surface area contributed by atoms with Gasteiger partial charge in [0.1, 0.15) is 0 Å². The Labute approximate surface area is 140 Å². The van der Waals surface area contributed by atoms with E-state index in [2.05, 4.69) is 10.4 Å². The van der Waals surface area contributed by atoms with Crippen molar-refractivity contribution in [1.29, 1.82) is 0 Å². The van der Waals surface area contributed by atoms with Crippen LogP contribution in [0.25, 0.3) is 0 Å². The first-order valence-electron chi connectivity index (χ1n) is 7.85. The highest BCUT2D eigenvalue weighted by molar-refractivity contribution is 6.31. The molecule has 1 aliphatic carbocycles. The first kappa shape index (κ1) is 16.0. The summed E-state index contributed by atoms with van der Waals surface area (Å²) in [5.74, 6) is 0.366. The molecule has 0 bridgehead atoms. The third kappa shape index (κ3) is 4.12. The molecule has 6 heteroatoms. The highest BCUT2D eigenvalue weighted by Crippen LogP contribution is 2.34. The molecule has 5 nitrogen and oxygen atoms in total. The number of nitrogens with zero attached hydrogens (tertiary/aromatic N) is 2. The average molecular weight is 334 g/mol. The number of carbonyl (C=O) groups excluding carboxylic acids is 1. The minimum absolute atomic E-state index is 0.0550. The second kappa shape index (κ2) is 7.15. The molecule has 0 aliphatic heterocycles. The van der Waals surface area contributed by atoms with Gasteiger partial charge < -0.3 is 10.4 Å². The monoisotopic (exact) mass is 333 g/mol. The second-order valence-corrected chi connectivity index (χ2v) is 6.35. The van der Waals surface area contributed by atoms with Crippen LogP contribution in [0.2, 0.25) is 5.02 Å². The van der Waals surface area contributed by atoms with Crippen LogP contribution in [0.15, 0.2) is 36.7 Å². The molecule has 122 valence electrons.